The molecule has 1 saturated carbocycles. The minimum absolute atomic E-state index is 0.0542. The van der Waals surface area contributed by atoms with Crippen molar-refractivity contribution in [2.24, 2.45) is 5.92 Å². The largest absolute Gasteiger partial charge is 0.481 e. The Morgan fingerprint density at radius 1 is 1.50 bits per heavy atom. The summed E-state index contributed by atoms with van der Waals surface area (Å²) in [6.07, 6.45) is 2.68. The second-order valence-electron chi connectivity index (χ2n) is 3.66. The molecular weight excluding hydrogens is 208 g/mol. The number of carboxylic acids is 1. The van der Waals surface area contributed by atoms with Crippen LogP contribution in [-0.2, 0) is 4.79 Å². The minimum Gasteiger partial charge on any atom is -0.481 e. The van der Waals surface area contributed by atoms with Crippen molar-refractivity contribution >= 4 is 5.97 Å². The van der Waals surface area contributed by atoms with Crippen LogP contribution in [0.15, 0.2) is 6.33 Å². The van der Waals surface area contributed by atoms with Gasteiger partial charge in [0.2, 0.25) is 0 Å². The number of rotatable bonds is 2. The average Bonchev–Trinajstić information content (AvgIpc) is 2.58. The predicted molar refractivity (Wildman–Crippen MR) is 51.1 cm³/mol. The molecule has 0 radical (unpaired) electrons. The molecule has 0 saturated heterocycles. The van der Waals surface area contributed by atoms with Crippen molar-refractivity contribution in [3.05, 3.63) is 17.7 Å². The summed E-state index contributed by atoms with van der Waals surface area (Å²) in [5.74, 6) is -1.35. The van der Waals surface area contributed by atoms with Gasteiger partial charge in [-0.15, -0.1) is 0 Å². The molecule has 0 aromatic carbocycles. The second-order valence-corrected chi connectivity index (χ2v) is 3.66. The van der Waals surface area contributed by atoms with Crippen LogP contribution in [-0.4, -0.2) is 20.6 Å². The van der Waals surface area contributed by atoms with E-state index in [1.165, 1.54) is 10.9 Å². The molecule has 1 aliphatic rings. The van der Waals surface area contributed by atoms with Crippen molar-refractivity contribution < 1.29 is 9.90 Å². The van der Waals surface area contributed by atoms with Gasteiger partial charge in [0.15, 0.2) is 11.4 Å². The van der Waals surface area contributed by atoms with Crippen molar-refractivity contribution in [1.29, 1.82) is 10.5 Å². The number of aliphatic carboxylic acids is 1. The predicted octanol–water partition coefficient (Wildman–Crippen LogP) is 0.662. The number of nitriles is 2. The molecule has 1 N–H and O–H groups in total. The molecule has 2 rings (SSSR count). The van der Waals surface area contributed by atoms with E-state index < -0.39 is 11.9 Å². The normalized spacial score (nSPS) is 22.9. The Morgan fingerprint density at radius 2 is 2.25 bits per heavy atom. The first kappa shape index (κ1) is 10.2. The summed E-state index contributed by atoms with van der Waals surface area (Å²) in [5, 5.41) is 26.5. The molecule has 6 nitrogen and oxygen atoms in total. The van der Waals surface area contributed by atoms with Gasteiger partial charge in [0.05, 0.1) is 12.2 Å². The van der Waals surface area contributed by atoms with Gasteiger partial charge in [-0.25, -0.2) is 4.98 Å². The number of hydrogen-bond acceptors (Lipinski definition) is 4. The van der Waals surface area contributed by atoms with Crippen LogP contribution in [0, 0.1) is 28.6 Å². The third kappa shape index (κ3) is 1.32. The van der Waals surface area contributed by atoms with Crippen molar-refractivity contribution in [3.8, 4) is 12.1 Å². The van der Waals surface area contributed by atoms with Gasteiger partial charge in [0.1, 0.15) is 12.1 Å². The first-order chi connectivity index (χ1) is 7.69. The van der Waals surface area contributed by atoms with Gasteiger partial charge in [-0.3, -0.25) is 4.79 Å². The maximum absolute atomic E-state index is 10.9. The maximum atomic E-state index is 10.9. The molecule has 0 spiro atoms. The van der Waals surface area contributed by atoms with Crippen LogP contribution >= 0.6 is 0 Å². The molecule has 1 heterocycles. The average molecular weight is 216 g/mol. The van der Waals surface area contributed by atoms with Crippen LogP contribution < -0.4 is 0 Å². The molecule has 80 valence electrons. The van der Waals surface area contributed by atoms with E-state index in [1.54, 1.807) is 0 Å². The molecule has 16 heavy (non-hydrogen) atoms. The smallest absolute Gasteiger partial charge is 0.308 e. The van der Waals surface area contributed by atoms with Gasteiger partial charge in [-0.1, -0.05) is 0 Å². The fourth-order valence-corrected chi connectivity index (χ4v) is 1.91. The molecule has 0 aliphatic heterocycles. The first-order valence-electron chi connectivity index (χ1n) is 4.79. The molecule has 1 aliphatic carbocycles. The zero-order chi connectivity index (χ0) is 11.7. The summed E-state index contributed by atoms with van der Waals surface area (Å²) in [7, 11) is 0. The van der Waals surface area contributed by atoms with E-state index >= 15 is 0 Å². The number of aromatic nitrogens is 2. The van der Waals surface area contributed by atoms with Crippen molar-refractivity contribution in [2.45, 2.75) is 18.9 Å². The number of nitrogens with zero attached hydrogens (tertiary/aromatic N) is 4. The molecule has 1 aromatic rings. The van der Waals surface area contributed by atoms with E-state index in [2.05, 4.69) is 4.98 Å². The SMILES string of the molecule is N#Cc1ncn(C2CCC2C(=O)O)c1C#N. The Kier molecular flexibility index (Phi) is 2.34. The number of carbonyl (C=O) groups is 1. The van der Waals surface area contributed by atoms with Crippen molar-refractivity contribution in [2.75, 3.05) is 0 Å². The second kappa shape index (κ2) is 3.67. The van der Waals surface area contributed by atoms with Crippen molar-refractivity contribution in [1.82, 2.24) is 9.55 Å². The van der Waals surface area contributed by atoms with E-state index in [0.717, 1.165) is 0 Å². The summed E-state index contributed by atoms with van der Waals surface area (Å²) in [5.41, 5.74) is 0.206. The molecule has 2 atom stereocenters. The summed E-state index contributed by atoms with van der Waals surface area (Å²) < 4.78 is 1.50. The molecule has 6 heteroatoms. The molecule has 2 unspecified atom stereocenters. The van der Waals surface area contributed by atoms with Gasteiger partial charge in [-0.2, -0.15) is 10.5 Å². The lowest BCUT2D eigenvalue weighted by Gasteiger charge is -2.34. The van der Waals surface area contributed by atoms with E-state index in [1.807, 2.05) is 12.1 Å². The van der Waals surface area contributed by atoms with Gasteiger partial charge in [0, 0.05) is 6.04 Å². The quantitative estimate of drug-likeness (QED) is 0.782. The van der Waals surface area contributed by atoms with E-state index in [9.17, 15) is 4.79 Å². The van der Waals surface area contributed by atoms with Crippen LogP contribution in [0.4, 0.5) is 0 Å². The van der Waals surface area contributed by atoms with Crippen molar-refractivity contribution in [3.63, 3.8) is 0 Å². The highest BCUT2D eigenvalue weighted by Gasteiger charge is 2.39. The zero-order valence-electron chi connectivity index (χ0n) is 8.29. The molecule has 0 bridgehead atoms. The summed E-state index contributed by atoms with van der Waals surface area (Å²) in [4.78, 5) is 14.6. The summed E-state index contributed by atoms with van der Waals surface area (Å²) >= 11 is 0. The minimum atomic E-state index is -0.868. The Labute approximate surface area is 91.4 Å². The van der Waals surface area contributed by atoms with Gasteiger partial charge >= 0.3 is 5.97 Å². The fourth-order valence-electron chi connectivity index (χ4n) is 1.91. The lowest BCUT2D eigenvalue weighted by molar-refractivity contribution is -0.147. The van der Waals surface area contributed by atoms with Crippen LogP contribution in [0.25, 0.3) is 0 Å². The number of carboxylic acid groups (broad SMARTS) is 1. The zero-order valence-corrected chi connectivity index (χ0v) is 8.29. The topological polar surface area (TPSA) is 103 Å². The highest BCUT2D eigenvalue weighted by Crippen LogP contribution is 2.39. The molecule has 1 fully saturated rings. The van der Waals surface area contributed by atoms with Gasteiger partial charge < -0.3 is 9.67 Å². The third-order valence-electron chi connectivity index (χ3n) is 2.92. The Balaban J connectivity index is 2.36. The lowest BCUT2D eigenvalue weighted by Crippen LogP contribution is -2.35. The summed E-state index contributed by atoms with van der Waals surface area (Å²) in [6, 6.07) is 3.45. The Bertz CT molecular complexity index is 520. The highest BCUT2D eigenvalue weighted by atomic mass is 16.4. The molecular formula is C10H8N4O2. The standard InChI is InChI=1S/C10H8N4O2/c11-3-7-9(4-12)14(5-13-7)8-2-1-6(8)10(15)16/h5-6,8H,1-2H2,(H,15,16). The maximum Gasteiger partial charge on any atom is 0.308 e. The number of hydrogen-bond donors (Lipinski definition) is 1. The van der Waals surface area contributed by atoms with Gasteiger partial charge in [0.25, 0.3) is 0 Å². The monoisotopic (exact) mass is 216 g/mol. The Hall–Kier alpha value is -2.34. The van der Waals surface area contributed by atoms with E-state index in [-0.39, 0.29) is 17.4 Å². The van der Waals surface area contributed by atoms with E-state index in [4.69, 9.17) is 15.6 Å². The van der Waals surface area contributed by atoms with Gasteiger partial charge in [-0.05, 0) is 12.8 Å². The molecule has 1 aromatic heterocycles. The van der Waals surface area contributed by atoms with Crippen LogP contribution in [0.1, 0.15) is 30.3 Å². The number of imidazole rings is 1. The highest BCUT2D eigenvalue weighted by molar-refractivity contribution is 5.71. The first-order valence-corrected chi connectivity index (χ1v) is 4.79. The van der Waals surface area contributed by atoms with Crippen LogP contribution in [0.3, 0.4) is 0 Å². The Morgan fingerprint density at radius 3 is 2.69 bits per heavy atom. The summed E-state index contributed by atoms with van der Waals surface area (Å²) in [6.45, 7) is 0. The van der Waals surface area contributed by atoms with Crippen LogP contribution in [0.2, 0.25) is 0 Å². The lowest BCUT2D eigenvalue weighted by atomic mass is 9.79. The van der Waals surface area contributed by atoms with E-state index in [0.29, 0.717) is 12.8 Å². The fraction of sp³-hybridized carbons (Fsp3) is 0.400. The third-order valence-corrected chi connectivity index (χ3v) is 2.92. The van der Waals surface area contributed by atoms with Crippen LogP contribution in [0.5, 0.6) is 0 Å². The molecule has 0 amide bonds.